The fourth-order valence-electron chi connectivity index (χ4n) is 1.02. The third-order valence-corrected chi connectivity index (χ3v) is 1.82. The van der Waals surface area contributed by atoms with Gasteiger partial charge >= 0.3 is 0 Å². The van der Waals surface area contributed by atoms with Crippen molar-refractivity contribution in [1.29, 1.82) is 0 Å². The minimum absolute atomic E-state index is 0.0829. The van der Waals surface area contributed by atoms with Gasteiger partial charge in [0.05, 0.1) is 6.04 Å². The predicted octanol–water partition coefficient (Wildman–Crippen LogP) is 2.57. The van der Waals surface area contributed by atoms with E-state index in [0.717, 1.165) is 11.3 Å². The van der Waals surface area contributed by atoms with Gasteiger partial charge in [0.1, 0.15) is 5.82 Å². The molecule has 0 heterocycles. The molecule has 1 nitrogen and oxygen atoms in total. The van der Waals surface area contributed by atoms with Gasteiger partial charge in [0.25, 0.3) is 0 Å². The lowest BCUT2D eigenvalue weighted by atomic mass is 10.2. The molecule has 68 valence electrons. The molecule has 0 fully saturated rings. The van der Waals surface area contributed by atoms with Crippen molar-refractivity contribution in [3.63, 3.8) is 0 Å². The van der Waals surface area contributed by atoms with Crippen LogP contribution in [0.5, 0.6) is 0 Å². The lowest BCUT2D eigenvalue weighted by Crippen LogP contribution is -2.12. The summed E-state index contributed by atoms with van der Waals surface area (Å²) < 4.78 is 12.8. The maximum atomic E-state index is 12.8. The quantitative estimate of drug-likeness (QED) is 0.684. The van der Waals surface area contributed by atoms with Crippen LogP contribution in [0.25, 0.3) is 0 Å². The van der Waals surface area contributed by atoms with Crippen molar-refractivity contribution in [3.05, 3.63) is 29.6 Å². The third kappa shape index (κ3) is 2.48. The van der Waals surface area contributed by atoms with E-state index in [-0.39, 0.29) is 11.9 Å². The smallest absolute Gasteiger partial charge is 0.125 e. The number of halogens is 1. The number of aryl methyl sites for hydroxylation is 1. The van der Waals surface area contributed by atoms with Crippen LogP contribution in [0.4, 0.5) is 10.1 Å². The van der Waals surface area contributed by atoms with E-state index >= 15 is 0 Å². The molecule has 0 aliphatic carbocycles. The number of hydrogen-bond donors (Lipinski definition) is 1. The van der Waals surface area contributed by atoms with Crippen LogP contribution < -0.4 is 5.32 Å². The molecule has 0 amide bonds. The minimum Gasteiger partial charge on any atom is -0.372 e. The summed E-state index contributed by atoms with van der Waals surface area (Å²) in [6.45, 7) is 3.76. The zero-order chi connectivity index (χ0) is 9.84. The molecule has 0 bridgehead atoms. The Labute approximate surface area is 78.0 Å². The average molecular weight is 177 g/mol. The van der Waals surface area contributed by atoms with Crippen LogP contribution in [0.2, 0.25) is 0 Å². The van der Waals surface area contributed by atoms with Crippen LogP contribution >= 0.6 is 0 Å². The number of hydrogen-bond acceptors (Lipinski definition) is 1. The van der Waals surface area contributed by atoms with E-state index in [1.165, 1.54) is 12.1 Å². The minimum atomic E-state index is -0.252. The second-order valence-corrected chi connectivity index (χ2v) is 2.99. The fourth-order valence-corrected chi connectivity index (χ4v) is 1.02. The van der Waals surface area contributed by atoms with E-state index in [1.807, 2.05) is 13.8 Å². The summed E-state index contributed by atoms with van der Waals surface area (Å²) >= 11 is 0. The maximum Gasteiger partial charge on any atom is 0.125 e. The Balaban J connectivity index is 2.88. The molecular weight excluding hydrogens is 165 g/mol. The molecule has 1 N–H and O–H groups in total. The van der Waals surface area contributed by atoms with Crippen molar-refractivity contribution in [2.75, 3.05) is 5.32 Å². The first-order valence-electron chi connectivity index (χ1n) is 4.12. The van der Waals surface area contributed by atoms with E-state index in [1.54, 1.807) is 6.07 Å². The van der Waals surface area contributed by atoms with Crippen LogP contribution in [-0.4, -0.2) is 6.04 Å². The maximum absolute atomic E-state index is 12.8. The molecule has 1 atom stereocenters. The Morgan fingerprint density at radius 2 is 2.23 bits per heavy atom. The van der Waals surface area contributed by atoms with Gasteiger partial charge in [-0.1, -0.05) is 12.0 Å². The Kier molecular flexibility index (Phi) is 2.92. The monoisotopic (exact) mass is 177 g/mol. The topological polar surface area (TPSA) is 12.0 Å². The third-order valence-electron chi connectivity index (χ3n) is 1.82. The van der Waals surface area contributed by atoms with Gasteiger partial charge < -0.3 is 5.32 Å². The second kappa shape index (κ2) is 3.95. The Morgan fingerprint density at radius 3 is 2.85 bits per heavy atom. The first-order chi connectivity index (χ1) is 6.13. The summed E-state index contributed by atoms with van der Waals surface area (Å²) in [6, 6.07) is 4.52. The number of nitrogens with one attached hydrogen (secondary N) is 1. The SMILES string of the molecule is C#CC(C)Nc1cc(F)ccc1C. The first-order valence-corrected chi connectivity index (χ1v) is 4.12. The highest BCUT2D eigenvalue weighted by molar-refractivity contribution is 5.52. The molecule has 1 unspecified atom stereocenters. The second-order valence-electron chi connectivity index (χ2n) is 2.99. The van der Waals surface area contributed by atoms with E-state index in [9.17, 15) is 4.39 Å². The summed E-state index contributed by atoms with van der Waals surface area (Å²) in [5.74, 6) is 2.27. The largest absolute Gasteiger partial charge is 0.372 e. The van der Waals surface area contributed by atoms with E-state index < -0.39 is 0 Å². The zero-order valence-electron chi connectivity index (χ0n) is 7.76. The summed E-state index contributed by atoms with van der Waals surface area (Å²) in [6.07, 6.45) is 5.20. The van der Waals surface area contributed by atoms with Gasteiger partial charge in [-0.05, 0) is 31.5 Å². The molecule has 0 saturated carbocycles. The zero-order valence-corrected chi connectivity index (χ0v) is 7.76. The summed E-state index contributed by atoms with van der Waals surface area (Å²) in [5.41, 5.74) is 1.74. The highest BCUT2D eigenvalue weighted by Gasteiger charge is 2.01. The summed E-state index contributed by atoms with van der Waals surface area (Å²) in [4.78, 5) is 0. The molecule has 0 aromatic heterocycles. The lowest BCUT2D eigenvalue weighted by molar-refractivity contribution is 0.627. The number of terminal acetylenes is 1. The van der Waals surface area contributed by atoms with E-state index in [2.05, 4.69) is 11.2 Å². The highest BCUT2D eigenvalue weighted by Crippen LogP contribution is 2.16. The number of rotatable bonds is 2. The Bertz CT molecular complexity index is 338. The van der Waals surface area contributed by atoms with Crippen LogP contribution in [0.15, 0.2) is 18.2 Å². The fraction of sp³-hybridized carbons (Fsp3) is 0.273. The van der Waals surface area contributed by atoms with Gasteiger partial charge in [0, 0.05) is 5.69 Å². The molecular formula is C11H12FN. The number of anilines is 1. The molecule has 0 aliphatic rings. The number of benzene rings is 1. The van der Waals surface area contributed by atoms with Gasteiger partial charge in [0.2, 0.25) is 0 Å². The lowest BCUT2D eigenvalue weighted by Gasteiger charge is -2.11. The molecule has 1 rings (SSSR count). The van der Waals surface area contributed by atoms with Crippen LogP contribution in [-0.2, 0) is 0 Å². The molecule has 1 aromatic rings. The van der Waals surface area contributed by atoms with Gasteiger partial charge in [-0.25, -0.2) is 4.39 Å². The summed E-state index contributed by atoms with van der Waals surface area (Å²) in [7, 11) is 0. The Morgan fingerprint density at radius 1 is 1.54 bits per heavy atom. The Hall–Kier alpha value is -1.49. The van der Waals surface area contributed by atoms with E-state index in [4.69, 9.17) is 6.42 Å². The molecule has 0 spiro atoms. The van der Waals surface area contributed by atoms with Crippen molar-refractivity contribution in [2.24, 2.45) is 0 Å². The first kappa shape index (κ1) is 9.60. The molecule has 13 heavy (non-hydrogen) atoms. The molecule has 1 aromatic carbocycles. The average Bonchev–Trinajstić information content (AvgIpc) is 2.11. The highest BCUT2D eigenvalue weighted by atomic mass is 19.1. The summed E-state index contributed by atoms with van der Waals surface area (Å²) in [5, 5.41) is 3.02. The molecule has 0 radical (unpaired) electrons. The molecule has 0 saturated heterocycles. The van der Waals surface area contributed by atoms with Crippen molar-refractivity contribution in [3.8, 4) is 12.3 Å². The molecule has 0 aliphatic heterocycles. The van der Waals surface area contributed by atoms with Crippen molar-refractivity contribution < 1.29 is 4.39 Å². The van der Waals surface area contributed by atoms with E-state index in [0.29, 0.717) is 0 Å². The van der Waals surface area contributed by atoms with Crippen molar-refractivity contribution >= 4 is 5.69 Å². The molecule has 2 heteroatoms. The normalized spacial score (nSPS) is 11.8. The van der Waals surface area contributed by atoms with Gasteiger partial charge in [-0.2, -0.15) is 0 Å². The predicted molar refractivity (Wildman–Crippen MR) is 53.1 cm³/mol. The van der Waals surface area contributed by atoms with Gasteiger partial charge in [-0.15, -0.1) is 6.42 Å². The van der Waals surface area contributed by atoms with Gasteiger partial charge in [-0.3, -0.25) is 0 Å². The van der Waals surface area contributed by atoms with Crippen LogP contribution in [0.1, 0.15) is 12.5 Å². The van der Waals surface area contributed by atoms with Crippen LogP contribution in [0, 0.1) is 25.1 Å². The van der Waals surface area contributed by atoms with Crippen molar-refractivity contribution in [1.82, 2.24) is 0 Å². The van der Waals surface area contributed by atoms with Crippen molar-refractivity contribution in [2.45, 2.75) is 19.9 Å². The van der Waals surface area contributed by atoms with Crippen LogP contribution in [0.3, 0.4) is 0 Å². The standard InChI is InChI=1S/C11H12FN/c1-4-9(3)13-11-7-10(12)6-5-8(11)2/h1,5-7,9,13H,2-3H3. The van der Waals surface area contributed by atoms with Gasteiger partial charge in [0.15, 0.2) is 0 Å².